The molecule has 0 atom stereocenters. The SMILES string of the molecule is Cc1ccc(N(CC(=O)NCCOCc2ccccc2)S(=O)(=O)c2ccc(Cl)cc2)cc1. The minimum absolute atomic E-state index is 0.0569. The van der Waals surface area contributed by atoms with Crippen LogP contribution in [0.15, 0.2) is 83.8 Å². The zero-order chi connectivity index (χ0) is 23.0. The second-order valence-electron chi connectivity index (χ2n) is 7.19. The molecule has 168 valence electrons. The number of ether oxygens (including phenoxy) is 1. The van der Waals surface area contributed by atoms with Gasteiger partial charge in [-0.15, -0.1) is 0 Å². The average molecular weight is 473 g/mol. The summed E-state index contributed by atoms with van der Waals surface area (Å²) in [5.41, 5.74) is 2.43. The number of rotatable bonds is 10. The Bertz CT molecular complexity index is 1120. The zero-order valence-electron chi connectivity index (χ0n) is 17.7. The van der Waals surface area contributed by atoms with Gasteiger partial charge in [0.25, 0.3) is 10.0 Å². The van der Waals surface area contributed by atoms with Crippen molar-refractivity contribution in [2.24, 2.45) is 0 Å². The number of aryl methyl sites for hydroxylation is 1. The fourth-order valence-electron chi connectivity index (χ4n) is 2.97. The Labute approximate surface area is 193 Å². The minimum Gasteiger partial charge on any atom is -0.375 e. The Hall–Kier alpha value is -2.87. The molecule has 0 unspecified atom stereocenters. The highest BCUT2D eigenvalue weighted by Crippen LogP contribution is 2.25. The monoisotopic (exact) mass is 472 g/mol. The molecule has 3 rings (SSSR count). The Morgan fingerprint density at radius 3 is 2.28 bits per heavy atom. The maximum absolute atomic E-state index is 13.3. The van der Waals surface area contributed by atoms with Gasteiger partial charge in [-0.05, 0) is 48.9 Å². The van der Waals surface area contributed by atoms with Crippen LogP contribution in [0.4, 0.5) is 5.69 Å². The molecule has 3 aromatic carbocycles. The van der Waals surface area contributed by atoms with Gasteiger partial charge < -0.3 is 10.1 Å². The first-order chi connectivity index (χ1) is 15.4. The van der Waals surface area contributed by atoms with Gasteiger partial charge in [-0.2, -0.15) is 0 Å². The van der Waals surface area contributed by atoms with Crippen LogP contribution >= 0.6 is 11.6 Å². The lowest BCUT2D eigenvalue weighted by Crippen LogP contribution is -2.41. The Morgan fingerprint density at radius 1 is 0.969 bits per heavy atom. The molecule has 1 amide bonds. The number of nitrogens with one attached hydrogen (secondary N) is 1. The van der Waals surface area contributed by atoms with E-state index in [-0.39, 0.29) is 18.0 Å². The van der Waals surface area contributed by atoms with Gasteiger partial charge in [0.1, 0.15) is 6.54 Å². The van der Waals surface area contributed by atoms with Crippen molar-refractivity contribution in [1.29, 1.82) is 0 Å². The van der Waals surface area contributed by atoms with Crippen molar-refractivity contribution < 1.29 is 17.9 Å². The van der Waals surface area contributed by atoms with Crippen LogP contribution in [0.25, 0.3) is 0 Å². The van der Waals surface area contributed by atoms with Gasteiger partial charge in [-0.3, -0.25) is 9.10 Å². The highest BCUT2D eigenvalue weighted by molar-refractivity contribution is 7.92. The van der Waals surface area contributed by atoms with Gasteiger partial charge >= 0.3 is 0 Å². The number of sulfonamides is 1. The molecule has 0 fully saturated rings. The number of anilines is 1. The highest BCUT2D eigenvalue weighted by atomic mass is 35.5. The van der Waals surface area contributed by atoms with E-state index in [0.29, 0.717) is 23.9 Å². The Balaban J connectivity index is 1.65. The first kappa shape index (κ1) is 23.8. The summed E-state index contributed by atoms with van der Waals surface area (Å²) < 4.78 is 33.2. The van der Waals surface area contributed by atoms with Crippen LogP contribution < -0.4 is 9.62 Å². The van der Waals surface area contributed by atoms with E-state index in [9.17, 15) is 13.2 Å². The third kappa shape index (κ3) is 6.56. The van der Waals surface area contributed by atoms with Crippen molar-refractivity contribution in [3.8, 4) is 0 Å². The van der Waals surface area contributed by atoms with Gasteiger partial charge in [0.2, 0.25) is 5.91 Å². The van der Waals surface area contributed by atoms with E-state index in [1.807, 2.05) is 37.3 Å². The van der Waals surface area contributed by atoms with Gasteiger partial charge in [-0.1, -0.05) is 59.6 Å². The van der Waals surface area contributed by atoms with Crippen LogP contribution in [-0.2, 0) is 26.2 Å². The minimum atomic E-state index is -3.97. The predicted molar refractivity (Wildman–Crippen MR) is 126 cm³/mol. The van der Waals surface area contributed by atoms with E-state index >= 15 is 0 Å². The van der Waals surface area contributed by atoms with Crippen molar-refractivity contribution in [3.63, 3.8) is 0 Å². The average Bonchev–Trinajstić information content (AvgIpc) is 2.79. The van der Waals surface area contributed by atoms with E-state index in [4.69, 9.17) is 16.3 Å². The molecule has 0 heterocycles. The first-order valence-electron chi connectivity index (χ1n) is 10.1. The van der Waals surface area contributed by atoms with Crippen molar-refractivity contribution in [3.05, 3.63) is 95.0 Å². The molecule has 32 heavy (non-hydrogen) atoms. The lowest BCUT2D eigenvalue weighted by Gasteiger charge is -2.24. The third-order valence-corrected chi connectivity index (χ3v) is 6.73. The van der Waals surface area contributed by atoms with E-state index in [2.05, 4.69) is 5.32 Å². The number of hydrogen-bond donors (Lipinski definition) is 1. The summed E-state index contributed by atoms with van der Waals surface area (Å²) >= 11 is 5.90. The summed E-state index contributed by atoms with van der Waals surface area (Å²) in [4.78, 5) is 12.6. The molecule has 0 radical (unpaired) electrons. The summed E-state index contributed by atoms with van der Waals surface area (Å²) in [5, 5.41) is 3.15. The van der Waals surface area contributed by atoms with Gasteiger partial charge in [-0.25, -0.2) is 8.42 Å². The number of amides is 1. The molecule has 1 N–H and O–H groups in total. The number of nitrogens with zero attached hydrogens (tertiary/aromatic N) is 1. The quantitative estimate of drug-likeness (QED) is 0.449. The Morgan fingerprint density at radius 2 is 1.62 bits per heavy atom. The number of carbonyl (C=O) groups is 1. The summed E-state index contributed by atoms with van der Waals surface area (Å²) in [5.74, 6) is -0.425. The molecule has 0 spiro atoms. The number of hydrogen-bond acceptors (Lipinski definition) is 4. The second-order valence-corrected chi connectivity index (χ2v) is 9.49. The standard InChI is InChI=1S/C24H25ClN2O4S/c1-19-7-11-22(12-8-19)27(32(29,30)23-13-9-21(25)10-14-23)17-24(28)26-15-16-31-18-20-5-3-2-4-6-20/h2-14H,15-18H2,1H3,(H,26,28). The van der Waals surface area contributed by atoms with Crippen LogP contribution in [0.1, 0.15) is 11.1 Å². The topological polar surface area (TPSA) is 75.7 Å². The zero-order valence-corrected chi connectivity index (χ0v) is 19.3. The van der Waals surface area contributed by atoms with Crippen molar-refractivity contribution in [2.45, 2.75) is 18.4 Å². The molecule has 3 aromatic rings. The molecule has 0 saturated heterocycles. The van der Waals surface area contributed by atoms with Crippen LogP contribution in [0.5, 0.6) is 0 Å². The molecular formula is C24H25ClN2O4S. The molecule has 0 bridgehead atoms. The maximum atomic E-state index is 13.3. The van der Waals surface area contributed by atoms with E-state index < -0.39 is 15.9 Å². The second kappa shape index (κ2) is 11.1. The fraction of sp³-hybridized carbons (Fsp3) is 0.208. The Kier molecular flexibility index (Phi) is 8.27. The van der Waals surface area contributed by atoms with E-state index in [0.717, 1.165) is 15.4 Å². The fourth-order valence-corrected chi connectivity index (χ4v) is 4.52. The molecule has 8 heteroatoms. The van der Waals surface area contributed by atoms with Gasteiger partial charge in [0.15, 0.2) is 0 Å². The first-order valence-corrected chi connectivity index (χ1v) is 11.9. The van der Waals surface area contributed by atoms with Crippen LogP contribution in [0.3, 0.4) is 0 Å². The maximum Gasteiger partial charge on any atom is 0.264 e. The lowest BCUT2D eigenvalue weighted by molar-refractivity contribution is -0.119. The molecule has 0 aliphatic heterocycles. The molecule has 0 saturated carbocycles. The molecule has 0 aromatic heterocycles. The molecule has 6 nitrogen and oxygen atoms in total. The van der Waals surface area contributed by atoms with Crippen molar-refractivity contribution in [1.82, 2.24) is 5.32 Å². The van der Waals surface area contributed by atoms with Gasteiger partial charge in [0, 0.05) is 11.6 Å². The van der Waals surface area contributed by atoms with Gasteiger partial charge in [0.05, 0.1) is 23.8 Å². The smallest absolute Gasteiger partial charge is 0.264 e. The summed E-state index contributed by atoms with van der Waals surface area (Å²) in [7, 11) is -3.97. The lowest BCUT2D eigenvalue weighted by atomic mass is 10.2. The summed E-state index contributed by atoms with van der Waals surface area (Å²) in [6.07, 6.45) is 0. The molecular weight excluding hydrogens is 448 g/mol. The summed E-state index contributed by atoms with van der Waals surface area (Å²) in [6.45, 7) is 2.58. The van der Waals surface area contributed by atoms with Crippen molar-refractivity contribution in [2.75, 3.05) is 24.0 Å². The van der Waals surface area contributed by atoms with Crippen LogP contribution in [0, 0.1) is 6.92 Å². The number of benzene rings is 3. The highest BCUT2D eigenvalue weighted by Gasteiger charge is 2.27. The normalized spacial score (nSPS) is 11.2. The van der Waals surface area contributed by atoms with E-state index in [1.165, 1.54) is 24.3 Å². The summed E-state index contributed by atoms with van der Waals surface area (Å²) in [6, 6.07) is 22.5. The largest absolute Gasteiger partial charge is 0.375 e. The number of halogens is 1. The molecule has 0 aliphatic rings. The predicted octanol–water partition coefficient (Wildman–Crippen LogP) is 4.18. The molecule has 0 aliphatic carbocycles. The van der Waals surface area contributed by atoms with E-state index in [1.54, 1.807) is 24.3 Å². The third-order valence-electron chi connectivity index (χ3n) is 4.69. The van der Waals surface area contributed by atoms with Crippen molar-refractivity contribution >= 4 is 33.2 Å². The van der Waals surface area contributed by atoms with Crippen LogP contribution in [0.2, 0.25) is 5.02 Å². The number of carbonyl (C=O) groups excluding carboxylic acids is 1. The van der Waals surface area contributed by atoms with Crippen LogP contribution in [-0.4, -0.2) is 34.0 Å².